The average Bonchev–Trinajstić information content (AvgIpc) is 3.06. The van der Waals surface area contributed by atoms with E-state index >= 15 is 0 Å². The number of hydrogen-bond donors (Lipinski definition) is 2. The van der Waals surface area contributed by atoms with Crippen molar-refractivity contribution in [2.45, 2.75) is 0 Å². The molecule has 0 unspecified atom stereocenters. The average molecular weight is 394 g/mol. The molecule has 0 bridgehead atoms. The number of nitrogens with one attached hydrogen (secondary N) is 2. The third-order valence-electron chi connectivity index (χ3n) is 3.28. The van der Waals surface area contributed by atoms with Gasteiger partial charge in [0, 0.05) is 15.6 Å². The number of rotatable bonds is 4. The monoisotopic (exact) mass is 392 g/mol. The number of H-pyrrole nitrogens is 1. The first kappa shape index (κ1) is 17.5. The third-order valence-corrected chi connectivity index (χ3v) is 4.08. The number of aromatic nitrogens is 2. The number of nitrogens with zero attached hydrogens (tertiary/aromatic N) is 2. The lowest BCUT2D eigenvalue weighted by molar-refractivity contribution is 0.0950. The van der Waals surface area contributed by atoms with Gasteiger partial charge < -0.3 is 0 Å². The number of halogens is 3. The highest BCUT2D eigenvalue weighted by Crippen LogP contribution is 2.29. The van der Waals surface area contributed by atoms with Gasteiger partial charge in [-0.15, -0.1) is 0 Å². The lowest BCUT2D eigenvalue weighted by Gasteiger charge is -2.00. The molecule has 0 aliphatic carbocycles. The second kappa shape index (κ2) is 7.70. The van der Waals surface area contributed by atoms with Crippen LogP contribution >= 0.6 is 34.8 Å². The zero-order valence-corrected chi connectivity index (χ0v) is 14.9. The van der Waals surface area contributed by atoms with Crippen molar-refractivity contribution in [2.75, 3.05) is 0 Å². The molecule has 0 spiro atoms. The summed E-state index contributed by atoms with van der Waals surface area (Å²) in [4.78, 5) is 12.1. The topological polar surface area (TPSA) is 70.1 Å². The summed E-state index contributed by atoms with van der Waals surface area (Å²) in [6.07, 6.45) is 1.52. The van der Waals surface area contributed by atoms with Gasteiger partial charge in [0.2, 0.25) is 0 Å². The van der Waals surface area contributed by atoms with Gasteiger partial charge in [-0.05, 0) is 42.0 Å². The molecule has 1 aromatic heterocycles. The van der Waals surface area contributed by atoms with Crippen molar-refractivity contribution in [2.24, 2.45) is 5.10 Å². The van der Waals surface area contributed by atoms with Gasteiger partial charge in [0.25, 0.3) is 5.91 Å². The normalized spacial score (nSPS) is 11.0. The fourth-order valence-electron chi connectivity index (χ4n) is 2.05. The summed E-state index contributed by atoms with van der Waals surface area (Å²) in [5.41, 5.74) is 4.70. The Bertz CT molecular complexity index is 935. The van der Waals surface area contributed by atoms with Crippen LogP contribution in [0.5, 0.6) is 0 Å². The van der Waals surface area contributed by atoms with Crippen molar-refractivity contribution >= 4 is 46.9 Å². The Balaban J connectivity index is 1.69. The lowest BCUT2D eigenvalue weighted by Crippen LogP contribution is -2.17. The molecule has 0 aliphatic heterocycles. The van der Waals surface area contributed by atoms with E-state index in [1.165, 1.54) is 6.21 Å². The number of benzene rings is 2. The van der Waals surface area contributed by atoms with Crippen LogP contribution in [0.15, 0.2) is 53.6 Å². The molecule has 2 N–H and O–H groups in total. The molecule has 2 aromatic carbocycles. The molecule has 25 heavy (non-hydrogen) atoms. The molecule has 3 rings (SSSR count). The molecule has 5 nitrogen and oxygen atoms in total. The first-order chi connectivity index (χ1) is 12.0. The van der Waals surface area contributed by atoms with Crippen LogP contribution in [-0.2, 0) is 0 Å². The fraction of sp³-hybridized carbons (Fsp3) is 0. The SMILES string of the molecule is O=C(N/N=C\c1ccc(Cl)cc1)c1cc(-c2ccc(Cl)cc2Cl)n[nH]1. The molecule has 1 heterocycles. The van der Waals surface area contributed by atoms with E-state index in [4.69, 9.17) is 34.8 Å². The minimum Gasteiger partial charge on any atom is -0.272 e. The first-order valence-corrected chi connectivity index (χ1v) is 8.26. The summed E-state index contributed by atoms with van der Waals surface area (Å²) < 4.78 is 0. The second-order valence-electron chi connectivity index (χ2n) is 5.04. The number of aromatic amines is 1. The van der Waals surface area contributed by atoms with Crippen LogP contribution in [0.2, 0.25) is 15.1 Å². The molecule has 0 saturated heterocycles. The Morgan fingerprint density at radius 2 is 1.76 bits per heavy atom. The molecular weight excluding hydrogens is 383 g/mol. The molecule has 3 aromatic rings. The van der Waals surface area contributed by atoms with Crippen molar-refractivity contribution < 1.29 is 4.79 Å². The van der Waals surface area contributed by atoms with E-state index in [1.807, 2.05) is 0 Å². The number of hydrogen-bond acceptors (Lipinski definition) is 3. The summed E-state index contributed by atoms with van der Waals surface area (Å²) in [6, 6.07) is 13.7. The van der Waals surface area contributed by atoms with Crippen LogP contribution in [-0.4, -0.2) is 22.3 Å². The van der Waals surface area contributed by atoms with Crippen LogP contribution in [0, 0.1) is 0 Å². The predicted molar refractivity (Wildman–Crippen MR) is 101 cm³/mol. The van der Waals surface area contributed by atoms with Crippen LogP contribution in [0.25, 0.3) is 11.3 Å². The molecule has 8 heteroatoms. The van der Waals surface area contributed by atoms with Crippen LogP contribution in [0.3, 0.4) is 0 Å². The number of carbonyl (C=O) groups excluding carboxylic acids is 1. The largest absolute Gasteiger partial charge is 0.289 e. The van der Waals surface area contributed by atoms with E-state index in [2.05, 4.69) is 20.7 Å². The summed E-state index contributed by atoms with van der Waals surface area (Å²) in [5.74, 6) is -0.422. The molecule has 1 amide bonds. The molecule has 0 saturated carbocycles. The quantitative estimate of drug-likeness (QED) is 0.494. The van der Waals surface area contributed by atoms with Crippen molar-refractivity contribution in [3.63, 3.8) is 0 Å². The maximum absolute atomic E-state index is 12.1. The van der Waals surface area contributed by atoms with E-state index in [0.717, 1.165) is 5.56 Å². The van der Waals surface area contributed by atoms with Gasteiger partial charge in [0.05, 0.1) is 16.9 Å². The van der Waals surface area contributed by atoms with Gasteiger partial charge in [-0.25, -0.2) is 5.43 Å². The number of amides is 1. The summed E-state index contributed by atoms with van der Waals surface area (Å²) in [6.45, 7) is 0. The summed E-state index contributed by atoms with van der Waals surface area (Å²) in [5, 5.41) is 12.3. The van der Waals surface area contributed by atoms with Gasteiger partial charge in [-0.2, -0.15) is 10.2 Å². The first-order valence-electron chi connectivity index (χ1n) is 7.13. The van der Waals surface area contributed by atoms with E-state index in [-0.39, 0.29) is 5.69 Å². The van der Waals surface area contributed by atoms with E-state index < -0.39 is 5.91 Å². The maximum Gasteiger partial charge on any atom is 0.289 e. The standard InChI is InChI=1S/C17H11Cl3N4O/c18-11-3-1-10(2-4-11)9-21-24-17(25)16-8-15(22-23-16)13-6-5-12(19)7-14(13)20/h1-9H,(H,22,23)(H,24,25)/b21-9-. The summed E-state index contributed by atoms with van der Waals surface area (Å²) >= 11 is 17.8. The highest BCUT2D eigenvalue weighted by Gasteiger charge is 2.12. The smallest absolute Gasteiger partial charge is 0.272 e. The van der Waals surface area contributed by atoms with Gasteiger partial charge in [-0.3, -0.25) is 9.89 Å². The molecule has 0 fully saturated rings. The van der Waals surface area contributed by atoms with Crippen molar-refractivity contribution in [1.29, 1.82) is 0 Å². The van der Waals surface area contributed by atoms with Gasteiger partial charge in [-0.1, -0.05) is 46.9 Å². The van der Waals surface area contributed by atoms with E-state index in [0.29, 0.717) is 26.3 Å². The highest BCUT2D eigenvalue weighted by atomic mass is 35.5. The Kier molecular flexibility index (Phi) is 5.38. The Morgan fingerprint density at radius 1 is 1.04 bits per heavy atom. The molecule has 0 atom stereocenters. The van der Waals surface area contributed by atoms with Crippen molar-refractivity contribution in [3.8, 4) is 11.3 Å². The van der Waals surface area contributed by atoms with E-state index in [1.54, 1.807) is 48.5 Å². The Hall–Kier alpha value is -2.34. The molecule has 0 radical (unpaired) electrons. The van der Waals surface area contributed by atoms with E-state index in [9.17, 15) is 4.79 Å². The zero-order chi connectivity index (χ0) is 17.8. The minimum atomic E-state index is -0.422. The minimum absolute atomic E-state index is 0.259. The Morgan fingerprint density at radius 3 is 2.48 bits per heavy atom. The number of carbonyl (C=O) groups is 1. The van der Waals surface area contributed by atoms with Crippen molar-refractivity contribution in [1.82, 2.24) is 15.6 Å². The second-order valence-corrected chi connectivity index (χ2v) is 6.32. The van der Waals surface area contributed by atoms with Gasteiger partial charge in [0.15, 0.2) is 0 Å². The molecule has 126 valence electrons. The number of hydrazone groups is 1. The molecule has 0 aliphatic rings. The summed E-state index contributed by atoms with van der Waals surface area (Å²) in [7, 11) is 0. The van der Waals surface area contributed by atoms with Crippen molar-refractivity contribution in [3.05, 3.63) is 74.9 Å². The lowest BCUT2D eigenvalue weighted by atomic mass is 10.1. The zero-order valence-electron chi connectivity index (χ0n) is 12.6. The van der Waals surface area contributed by atoms with Gasteiger partial charge in [0.1, 0.15) is 5.69 Å². The fourth-order valence-corrected chi connectivity index (χ4v) is 2.68. The third kappa shape index (κ3) is 4.39. The van der Waals surface area contributed by atoms with Crippen LogP contribution < -0.4 is 5.43 Å². The predicted octanol–water partition coefficient (Wildman–Crippen LogP) is 4.80. The maximum atomic E-state index is 12.1. The highest BCUT2D eigenvalue weighted by molar-refractivity contribution is 6.36. The van der Waals surface area contributed by atoms with Crippen LogP contribution in [0.4, 0.5) is 0 Å². The Labute approximate surface area is 158 Å². The van der Waals surface area contributed by atoms with Crippen LogP contribution in [0.1, 0.15) is 16.1 Å². The van der Waals surface area contributed by atoms with Gasteiger partial charge >= 0.3 is 0 Å². The molecular formula is C17H11Cl3N4O.